The number of anilines is 3. The molecule has 0 bridgehead atoms. The van der Waals surface area contributed by atoms with Crippen molar-refractivity contribution in [1.29, 1.82) is 0 Å². The molecule has 1 saturated heterocycles. The van der Waals surface area contributed by atoms with Gasteiger partial charge in [0.25, 0.3) is 5.91 Å². The maximum Gasteiger partial charge on any atom is 0.471 e. The van der Waals surface area contributed by atoms with Crippen LogP contribution in [0.4, 0.5) is 88.6 Å². The molecule has 3 aliphatic rings. The van der Waals surface area contributed by atoms with Crippen LogP contribution in [-0.2, 0) is 16.8 Å². The lowest BCUT2D eigenvalue weighted by atomic mass is 9.73. The number of benzene rings is 7. The summed E-state index contributed by atoms with van der Waals surface area (Å²) in [6, 6.07) is 38.6. The van der Waals surface area contributed by atoms with Gasteiger partial charge >= 0.3 is 47.9 Å². The number of piperidine rings is 1. The van der Waals surface area contributed by atoms with Gasteiger partial charge in [-0.05, 0) is 116 Å². The second-order valence-corrected chi connectivity index (χ2v) is 23.5. The summed E-state index contributed by atoms with van der Waals surface area (Å²) >= 11 is 0. The van der Waals surface area contributed by atoms with Crippen molar-refractivity contribution in [2.75, 3.05) is 41.4 Å². The summed E-state index contributed by atoms with van der Waals surface area (Å²) in [7, 11) is 0. The number of ether oxygens (including phenoxy) is 5. The second-order valence-electron chi connectivity index (χ2n) is 23.5. The zero-order valence-electron chi connectivity index (χ0n) is 51.4. The molecule has 3 aliphatic heterocycles. The lowest BCUT2D eigenvalue weighted by Gasteiger charge is -2.47. The van der Waals surface area contributed by atoms with Crippen molar-refractivity contribution >= 4 is 51.6 Å². The number of halogens is 15. The molecule has 11 nitrogen and oxygen atoms in total. The van der Waals surface area contributed by atoms with E-state index < -0.39 is 70.7 Å². The topological polar surface area (TPSA) is 111 Å². The van der Waals surface area contributed by atoms with Crippen LogP contribution in [0.3, 0.4) is 0 Å². The second kappa shape index (κ2) is 26.1. The molecule has 1 fully saturated rings. The van der Waals surface area contributed by atoms with Crippen molar-refractivity contribution < 1.29 is 99.1 Å². The van der Waals surface area contributed by atoms with Crippen LogP contribution in [0.25, 0.3) is 21.9 Å². The molecule has 95 heavy (non-hydrogen) atoms. The Kier molecular flexibility index (Phi) is 18.9. The van der Waals surface area contributed by atoms with Crippen LogP contribution in [0.1, 0.15) is 104 Å². The summed E-state index contributed by atoms with van der Waals surface area (Å²) in [5.74, 6) is -42.3. The Morgan fingerprint density at radius 1 is 0.621 bits per heavy atom. The Labute approximate surface area is 535 Å². The average molecular weight is 1350 g/mol. The van der Waals surface area contributed by atoms with Crippen LogP contribution < -0.4 is 34.1 Å². The summed E-state index contributed by atoms with van der Waals surface area (Å²) in [5, 5.41) is 4.20. The number of hydrogen-bond donors (Lipinski definition) is 1. The number of nitrogens with one attached hydrogen (secondary N) is 1. The number of rotatable bonds is 24. The summed E-state index contributed by atoms with van der Waals surface area (Å²) < 4.78 is 235. The van der Waals surface area contributed by atoms with Gasteiger partial charge < -0.3 is 38.8 Å². The Balaban J connectivity index is 0.787. The molecule has 10 rings (SSSR count). The molecule has 0 aliphatic carbocycles. The number of fused-ring (bicyclic) bond motifs is 4. The number of aliphatic imine (C=N–C) groups is 1. The van der Waals surface area contributed by atoms with Gasteiger partial charge in [0.05, 0.1) is 23.8 Å². The molecule has 1 amide bonds. The highest BCUT2D eigenvalue weighted by Crippen LogP contribution is 2.63. The molecule has 3 heterocycles. The molecule has 7 aromatic carbocycles. The minimum atomic E-state index is -8.47. The fraction of sp³-hybridized carbons (Fsp3) is 0.377. The SMILES string of the molecule is CCCCCCOc1ccc(-c2ccc(C(=O)OC3CCN(c4cc5c(c6ccccc46)N=CC4(O5)N(CC)c5ccc(OCc6ccccc6C(=O)Nc6ccc(OC(F)(F)C(F)(F)C(F)(F)C(F)(F)C(F)(F)C(F)(F)C(F)(F)F)cc6)cc5C4(C)CC)CC3)cc2)cc1. The molecule has 2 unspecified atom stereocenters. The monoisotopic (exact) mass is 1340 g/mol. The molecule has 0 saturated carbocycles. The lowest BCUT2D eigenvalue weighted by molar-refractivity contribution is -0.465. The summed E-state index contributed by atoms with van der Waals surface area (Å²) in [4.78, 5) is 36.8. The van der Waals surface area contributed by atoms with Crippen molar-refractivity contribution in [2.24, 2.45) is 4.99 Å². The third-order valence-corrected chi connectivity index (χ3v) is 17.6. The van der Waals surface area contributed by atoms with Gasteiger partial charge in [0, 0.05) is 77.5 Å². The quantitative estimate of drug-likeness (QED) is 0.0359. The number of amides is 1. The summed E-state index contributed by atoms with van der Waals surface area (Å²) in [6.07, 6.45) is -6.99. The van der Waals surface area contributed by atoms with Crippen molar-refractivity contribution in [2.45, 2.75) is 138 Å². The number of nitrogens with zero attached hydrogens (tertiary/aromatic N) is 3. The third kappa shape index (κ3) is 12.4. The van der Waals surface area contributed by atoms with E-state index in [2.05, 4.69) is 33.7 Å². The van der Waals surface area contributed by atoms with Gasteiger partial charge in [0.2, 0.25) is 5.72 Å². The van der Waals surface area contributed by atoms with Gasteiger partial charge in [-0.25, -0.2) is 4.79 Å². The zero-order chi connectivity index (χ0) is 68.7. The predicted molar refractivity (Wildman–Crippen MR) is 326 cm³/mol. The maximum absolute atomic E-state index is 14.6. The van der Waals surface area contributed by atoms with Gasteiger partial charge in [-0.15, -0.1) is 0 Å². The molecule has 1 spiro atoms. The Bertz CT molecular complexity index is 3960. The molecule has 26 heteroatoms. The number of esters is 1. The van der Waals surface area contributed by atoms with E-state index >= 15 is 0 Å². The number of carbonyl (C=O) groups is 2. The van der Waals surface area contributed by atoms with Crippen LogP contribution in [0, 0.1) is 0 Å². The number of carbonyl (C=O) groups excluding carboxylic acids is 2. The van der Waals surface area contributed by atoms with Gasteiger partial charge in [0.15, 0.2) is 5.75 Å². The first-order valence-corrected chi connectivity index (χ1v) is 30.5. The predicted octanol–water partition coefficient (Wildman–Crippen LogP) is 18.8. The van der Waals surface area contributed by atoms with E-state index in [0.717, 1.165) is 63.8 Å². The van der Waals surface area contributed by atoms with Crippen LogP contribution in [0.5, 0.6) is 23.0 Å². The molecule has 506 valence electrons. The van der Waals surface area contributed by atoms with E-state index in [9.17, 15) is 75.4 Å². The van der Waals surface area contributed by atoms with E-state index in [-0.39, 0.29) is 24.0 Å². The van der Waals surface area contributed by atoms with Crippen LogP contribution in [-0.4, -0.2) is 98.1 Å². The van der Waals surface area contributed by atoms with Crippen LogP contribution >= 0.6 is 0 Å². The minimum Gasteiger partial charge on any atom is -0.494 e. The first kappa shape index (κ1) is 69.0. The molecular formula is C69H63F15N4O7. The Morgan fingerprint density at radius 2 is 1.21 bits per heavy atom. The van der Waals surface area contributed by atoms with E-state index in [1.165, 1.54) is 24.6 Å². The van der Waals surface area contributed by atoms with Crippen molar-refractivity contribution in [3.8, 4) is 34.1 Å². The van der Waals surface area contributed by atoms with Gasteiger partial charge in [-0.3, -0.25) is 9.79 Å². The van der Waals surface area contributed by atoms with Crippen molar-refractivity contribution in [1.82, 2.24) is 0 Å². The van der Waals surface area contributed by atoms with Gasteiger partial charge in [0.1, 0.15) is 35.6 Å². The number of hydrogen-bond acceptors (Lipinski definition) is 10. The highest BCUT2D eigenvalue weighted by molar-refractivity contribution is 6.07. The molecule has 0 radical (unpaired) electrons. The van der Waals surface area contributed by atoms with E-state index in [1.54, 1.807) is 24.3 Å². The minimum absolute atomic E-state index is 0.0226. The first-order chi connectivity index (χ1) is 44.8. The summed E-state index contributed by atoms with van der Waals surface area (Å²) in [5.41, 5.74) is 3.69. The maximum atomic E-state index is 14.6. The fourth-order valence-corrected chi connectivity index (χ4v) is 12.0. The molecule has 1 N–H and O–H groups in total. The standard InChI is InChI=1S/C69H63F15N4O7/c1-5-8-9-14-37-91-47-27-23-43(24-28-47)42-19-21-44(22-20-42)60(90)93-48-33-35-87(36-34-48)56-39-57-58(53-18-13-12-17-52(53)56)85-41-62(95-57)61(4,6-2)54-38-50(31-32-55(54)88(62)7-3)92-40-45-15-10-11-16-51(45)59(89)86-46-25-29-49(30-26-46)94-69(83,84)67(78,79)65(74,75)63(70,71)64(72,73)66(76,77)68(80,81)82/h10-13,15-32,38-39,41,48H,5-9,14,33-37,40H2,1-4H3,(H,86,89). The van der Waals surface area contributed by atoms with Crippen molar-refractivity contribution in [3.05, 3.63) is 168 Å². The summed E-state index contributed by atoms with van der Waals surface area (Å²) in [6.45, 7) is 10.4. The normalized spacial score (nSPS) is 17.9. The third-order valence-electron chi connectivity index (χ3n) is 17.6. The number of unbranched alkanes of at least 4 members (excludes halogenated alkanes) is 3. The lowest BCUT2D eigenvalue weighted by Crippen LogP contribution is -2.73. The number of alkyl halides is 15. The highest BCUT2D eigenvalue weighted by atomic mass is 19.4. The smallest absolute Gasteiger partial charge is 0.471 e. The molecule has 0 aromatic heterocycles. The van der Waals surface area contributed by atoms with Crippen molar-refractivity contribution in [3.63, 3.8) is 0 Å². The molecular weight excluding hydrogens is 1280 g/mol. The zero-order valence-corrected chi connectivity index (χ0v) is 51.4. The highest BCUT2D eigenvalue weighted by Gasteiger charge is 2.94. The van der Waals surface area contributed by atoms with E-state index in [4.69, 9.17) is 23.9 Å². The number of likely N-dealkylation sites (N-methyl/N-ethyl adjacent to an activating group) is 1. The van der Waals surface area contributed by atoms with E-state index in [1.807, 2.05) is 98.9 Å². The largest absolute Gasteiger partial charge is 0.494 e. The van der Waals surface area contributed by atoms with E-state index in [0.29, 0.717) is 98.1 Å². The van der Waals surface area contributed by atoms with Gasteiger partial charge in [-0.1, -0.05) is 99.8 Å². The first-order valence-electron chi connectivity index (χ1n) is 30.5. The Morgan fingerprint density at radius 3 is 1.84 bits per heavy atom. The molecule has 2 atom stereocenters. The van der Waals surface area contributed by atoms with Crippen LogP contribution in [0.2, 0.25) is 0 Å². The van der Waals surface area contributed by atoms with Crippen LogP contribution in [0.15, 0.2) is 151 Å². The Hall–Kier alpha value is -8.84. The average Bonchev–Trinajstić information content (AvgIpc) is 1.68. The molecule has 7 aromatic rings. The van der Waals surface area contributed by atoms with Gasteiger partial charge in [-0.2, -0.15) is 65.9 Å². The fourth-order valence-electron chi connectivity index (χ4n) is 12.0.